The summed E-state index contributed by atoms with van der Waals surface area (Å²) in [6, 6.07) is 2.22. The minimum Gasteiger partial charge on any atom is -0.478 e. The highest BCUT2D eigenvalue weighted by Crippen LogP contribution is 2.30. The third kappa shape index (κ3) is 3.06. The minimum absolute atomic E-state index is 0.256. The fraction of sp³-hybridized carbons (Fsp3) is 0.600. The first kappa shape index (κ1) is 13.8. The number of nitrogens with zero attached hydrogens (tertiary/aromatic N) is 2. The van der Waals surface area contributed by atoms with Gasteiger partial charge in [-0.25, -0.2) is 9.78 Å². The van der Waals surface area contributed by atoms with Gasteiger partial charge >= 0.3 is 5.97 Å². The smallest absolute Gasteiger partial charge is 0.337 e. The van der Waals surface area contributed by atoms with Crippen LogP contribution < -0.4 is 4.90 Å². The molecule has 0 spiro atoms. The van der Waals surface area contributed by atoms with Crippen LogP contribution in [0, 0.1) is 12.8 Å². The number of aromatic nitrogens is 1. The maximum atomic E-state index is 10.9. The van der Waals surface area contributed by atoms with Gasteiger partial charge in [0, 0.05) is 19.3 Å². The van der Waals surface area contributed by atoms with E-state index in [9.17, 15) is 4.79 Å². The molecule has 2 rings (SSSR count). The van der Waals surface area contributed by atoms with E-state index in [1.165, 1.54) is 31.9 Å². The number of aryl methyl sites for hydroxylation is 1. The molecule has 0 bridgehead atoms. The molecule has 4 nitrogen and oxygen atoms in total. The van der Waals surface area contributed by atoms with Crippen molar-refractivity contribution in [3.8, 4) is 0 Å². The van der Waals surface area contributed by atoms with Crippen LogP contribution in [0.4, 0.5) is 5.82 Å². The number of carbonyl (C=O) groups is 1. The summed E-state index contributed by atoms with van der Waals surface area (Å²) in [6.07, 6.45) is 6.42. The summed E-state index contributed by atoms with van der Waals surface area (Å²) in [7, 11) is 2.07. The van der Waals surface area contributed by atoms with Gasteiger partial charge in [-0.15, -0.1) is 0 Å². The van der Waals surface area contributed by atoms with Crippen LogP contribution in [-0.4, -0.2) is 29.1 Å². The molecule has 4 heteroatoms. The number of aromatic carboxylic acids is 1. The van der Waals surface area contributed by atoms with E-state index in [1.807, 2.05) is 6.92 Å². The van der Waals surface area contributed by atoms with Crippen molar-refractivity contribution < 1.29 is 9.90 Å². The molecule has 1 saturated carbocycles. The molecule has 1 aliphatic carbocycles. The second-order valence-electron chi connectivity index (χ2n) is 5.71. The van der Waals surface area contributed by atoms with Gasteiger partial charge < -0.3 is 10.0 Å². The van der Waals surface area contributed by atoms with E-state index in [-0.39, 0.29) is 5.56 Å². The molecular weight excluding hydrogens is 240 g/mol. The Morgan fingerprint density at radius 3 is 2.79 bits per heavy atom. The molecule has 1 heterocycles. The predicted octanol–water partition coefficient (Wildman–Crippen LogP) is 3.10. The first-order valence-electron chi connectivity index (χ1n) is 6.91. The SMILES string of the molecule is Cc1cc(C(=O)O)cnc1N(C)C1CCCC(C)C1. The second-order valence-corrected chi connectivity index (χ2v) is 5.71. The highest BCUT2D eigenvalue weighted by Gasteiger charge is 2.24. The Kier molecular flexibility index (Phi) is 4.08. The van der Waals surface area contributed by atoms with E-state index in [2.05, 4.69) is 23.9 Å². The largest absolute Gasteiger partial charge is 0.478 e. The first-order chi connectivity index (χ1) is 8.99. The Bertz CT molecular complexity index is 473. The average molecular weight is 262 g/mol. The zero-order valence-corrected chi connectivity index (χ0v) is 11.9. The molecule has 19 heavy (non-hydrogen) atoms. The van der Waals surface area contributed by atoms with Gasteiger partial charge in [0.05, 0.1) is 5.56 Å². The predicted molar refractivity (Wildman–Crippen MR) is 75.8 cm³/mol. The van der Waals surface area contributed by atoms with Gasteiger partial charge in [0.25, 0.3) is 0 Å². The highest BCUT2D eigenvalue weighted by molar-refractivity contribution is 5.87. The van der Waals surface area contributed by atoms with Crippen LogP contribution >= 0.6 is 0 Å². The molecule has 104 valence electrons. The van der Waals surface area contributed by atoms with E-state index in [0.29, 0.717) is 6.04 Å². The van der Waals surface area contributed by atoms with E-state index in [4.69, 9.17) is 5.11 Å². The topological polar surface area (TPSA) is 53.4 Å². The number of hydrogen-bond acceptors (Lipinski definition) is 3. The summed E-state index contributed by atoms with van der Waals surface area (Å²) in [4.78, 5) is 17.5. The van der Waals surface area contributed by atoms with Gasteiger partial charge in [0.15, 0.2) is 0 Å². The fourth-order valence-corrected chi connectivity index (χ4v) is 2.98. The molecule has 1 aromatic heterocycles. The lowest BCUT2D eigenvalue weighted by atomic mass is 9.86. The van der Waals surface area contributed by atoms with Crippen molar-refractivity contribution >= 4 is 11.8 Å². The highest BCUT2D eigenvalue weighted by atomic mass is 16.4. The molecule has 2 unspecified atom stereocenters. The number of carboxylic acids is 1. The van der Waals surface area contributed by atoms with Crippen molar-refractivity contribution in [3.63, 3.8) is 0 Å². The van der Waals surface area contributed by atoms with Crippen molar-refractivity contribution in [2.45, 2.75) is 45.6 Å². The first-order valence-corrected chi connectivity index (χ1v) is 6.91. The summed E-state index contributed by atoms with van der Waals surface area (Å²) in [5, 5.41) is 8.97. The van der Waals surface area contributed by atoms with Crippen LogP contribution in [0.5, 0.6) is 0 Å². The zero-order valence-electron chi connectivity index (χ0n) is 11.9. The van der Waals surface area contributed by atoms with Crippen LogP contribution in [0.1, 0.15) is 48.5 Å². The number of carboxylic acid groups (broad SMARTS) is 1. The van der Waals surface area contributed by atoms with Crippen molar-refractivity contribution in [2.75, 3.05) is 11.9 Å². The number of rotatable bonds is 3. The zero-order chi connectivity index (χ0) is 14.0. The molecular formula is C15H22N2O2. The maximum Gasteiger partial charge on any atom is 0.337 e. The van der Waals surface area contributed by atoms with Gasteiger partial charge in [-0.3, -0.25) is 0 Å². The lowest BCUT2D eigenvalue weighted by Crippen LogP contribution is -2.36. The molecule has 1 N–H and O–H groups in total. The summed E-state index contributed by atoms with van der Waals surface area (Å²) < 4.78 is 0. The molecule has 1 aromatic rings. The van der Waals surface area contributed by atoms with Crippen LogP contribution in [0.2, 0.25) is 0 Å². The lowest BCUT2D eigenvalue weighted by Gasteiger charge is -2.35. The maximum absolute atomic E-state index is 10.9. The molecule has 2 atom stereocenters. The molecule has 1 fully saturated rings. The molecule has 0 saturated heterocycles. The van der Waals surface area contributed by atoms with Gasteiger partial charge in [-0.2, -0.15) is 0 Å². The van der Waals surface area contributed by atoms with Crippen LogP contribution in [0.15, 0.2) is 12.3 Å². The summed E-state index contributed by atoms with van der Waals surface area (Å²) >= 11 is 0. The number of pyridine rings is 1. The van der Waals surface area contributed by atoms with Gasteiger partial charge in [-0.1, -0.05) is 19.8 Å². The fourth-order valence-electron chi connectivity index (χ4n) is 2.98. The van der Waals surface area contributed by atoms with Gasteiger partial charge in [-0.05, 0) is 37.3 Å². The Labute approximate surface area is 114 Å². The minimum atomic E-state index is -0.920. The normalized spacial score (nSPS) is 23.1. The third-order valence-electron chi connectivity index (χ3n) is 4.09. The van der Waals surface area contributed by atoms with E-state index in [1.54, 1.807) is 6.07 Å². The van der Waals surface area contributed by atoms with Crippen LogP contribution in [-0.2, 0) is 0 Å². The summed E-state index contributed by atoms with van der Waals surface area (Å²) in [6.45, 7) is 4.23. The van der Waals surface area contributed by atoms with Gasteiger partial charge in [0.1, 0.15) is 5.82 Å². The Morgan fingerprint density at radius 2 is 2.21 bits per heavy atom. The average Bonchev–Trinajstić information content (AvgIpc) is 2.37. The van der Waals surface area contributed by atoms with Crippen LogP contribution in [0.3, 0.4) is 0 Å². The molecule has 0 amide bonds. The number of hydrogen-bond donors (Lipinski definition) is 1. The Balaban J connectivity index is 2.19. The third-order valence-corrected chi connectivity index (χ3v) is 4.09. The van der Waals surface area contributed by atoms with Crippen molar-refractivity contribution in [2.24, 2.45) is 5.92 Å². The monoisotopic (exact) mass is 262 g/mol. The molecule has 0 aliphatic heterocycles. The van der Waals surface area contributed by atoms with Crippen molar-refractivity contribution in [3.05, 3.63) is 23.4 Å². The number of anilines is 1. The van der Waals surface area contributed by atoms with E-state index < -0.39 is 5.97 Å². The second kappa shape index (κ2) is 5.59. The molecule has 0 aromatic carbocycles. The molecule has 1 aliphatic rings. The summed E-state index contributed by atoms with van der Waals surface area (Å²) in [5.74, 6) is 0.750. The Morgan fingerprint density at radius 1 is 1.47 bits per heavy atom. The molecule has 0 radical (unpaired) electrons. The summed E-state index contributed by atoms with van der Waals surface area (Å²) in [5.41, 5.74) is 1.19. The van der Waals surface area contributed by atoms with Crippen molar-refractivity contribution in [1.29, 1.82) is 0 Å². The Hall–Kier alpha value is -1.58. The lowest BCUT2D eigenvalue weighted by molar-refractivity contribution is 0.0696. The van der Waals surface area contributed by atoms with Crippen LogP contribution in [0.25, 0.3) is 0 Å². The van der Waals surface area contributed by atoms with E-state index in [0.717, 1.165) is 17.3 Å². The van der Waals surface area contributed by atoms with E-state index >= 15 is 0 Å². The quantitative estimate of drug-likeness (QED) is 0.909. The van der Waals surface area contributed by atoms with Crippen molar-refractivity contribution in [1.82, 2.24) is 4.98 Å². The van der Waals surface area contributed by atoms with Gasteiger partial charge in [0.2, 0.25) is 0 Å². The standard InChI is InChI=1S/C15H22N2O2/c1-10-5-4-6-13(7-10)17(3)14-11(2)8-12(9-16-14)15(18)19/h8-10,13H,4-7H2,1-3H3,(H,18,19).